The van der Waals surface area contributed by atoms with Gasteiger partial charge in [-0.1, -0.05) is 12.1 Å². The molecule has 2 aromatic rings. The minimum Gasteiger partial charge on any atom is -0.329 e. The first kappa shape index (κ1) is 10.2. The lowest BCUT2D eigenvalue weighted by molar-refractivity contribution is 0.628. The van der Waals surface area contributed by atoms with Gasteiger partial charge in [-0.2, -0.15) is 0 Å². The fourth-order valence-electron chi connectivity index (χ4n) is 1.83. The Morgan fingerprint density at radius 1 is 1.27 bits per heavy atom. The van der Waals surface area contributed by atoms with Gasteiger partial charge in [0, 0.05) is 13.1 Å². The van der Waals surface area contributed by atoms with E-state index < -0.39 is 0 Å². The first-order valence-electron chi connectivity index (χ1n) is 5.23. The van der Waals surface area contributed by atoms with Crippen molar-refractivity contribution in [3.63, 3.8) is 0 Å². The van der Waals surface area contributed by atoms with Crippen LogP contribution in [0.5, 0.6) is 0 Å². The van der Waals surface area contributed by atoms with E-state index in [9.17, 15) is 0 Å². The Morgan fingerprint density at radius 3 is 2.60 bits per heavy atom. The SMILES string of the molecule is CCN(CC)n1c(=S)[nH]c2ccccc21. The molecule has 15 heavy (non-hydrogen) atoms. The number of rotatable bonds is 3. The molecule has 0 saturated carbocycles. The second kappa shape index (κ2) is 4.06. The lowest BCUT2D eigenvalue weighted by Gasteiger charge is -2.22. The van der Waals surface area contributed by atoms with Crippen molar-refractivity contribution in [1.82, 2.24) is 9.66 Å². The number of fused-ring (bicyclic) bond motifs is 1. The Hall–Kier alpha value is -1.29. The van der Waals surface area contributed by atoms with Crippen LogP contribution < -0.4 is 5.01 Å². The van der Waals surface area contributed by atoms with Gasteiger partial charge in [-0.3, -0.25) is 0 Å². The van der Waals surface area contributed by atoms with Crippen LogP contribution in [-0.4, -0.2) is 22.7 Å². The summed E-state index contributed by atoms with van der Waals surface area (Å²) in [6, 6.07) is 8.18. The Labute approximate surface area is 94.3 Å². The molecule has 0 aliphatic carbocycles. The van der Waals surface area contributed by atoms with Gasteiger partial charge in [-0.15, -0.1) is 0 Å². The Balaban J connectivity index is 2.68. The second-order valence-corrected chi connectivity index (χ2v) is 3.78. The van der Waals surface area contributed by atoms with E-state index in [1.165, 1.54) is 0 Å². The number of hydrogen-bond donors (Lipinski definition) is 1. The van der Waals surface area contributed by atoms with Crippen LogP contribution in [0.25, 0.3) is 11.0 Å². The molecule has 0 radical (unpaired) electrons. The lowest BCUT2D eigenvalue weighted by Crippen LogP contribution is -2.33. The highest BCUT2D eigenvalue weighted by Crippen LogP contribution is 2.13. The van der Waals surface area contributed by atoms with E-state index in [4.69, 9.17) is 12.2 Å². The lowest BCUT2D eigenvalue weighted by atomic mass is 10.3. The Bertz CT molecular complexity index is 508. The van der Waals surface area contributed by atoms with Gasteiger partial charge < -0.3 is 9.99 Å². The molecule has 0 amide bonds. The summed E-state index contributed by atoms with van der Waals surface area (Å²) in [6.07, 6.45) is 0. The molecule has 80 valence electrons. The van der Waals surface area contributed by atoms with E-state index in [-0.39, 0.29) is 0 Å². The van der Waals surface area contributed by atoms with Crippen molar-refractivity contribution in [3.8, 4) is 0 Å². The molecule has 3 nitrogen and oxygen atoms in total. The van der Waals surface area contributed by atoms with Crippen LogP contribution >= 0.6 is 12.2 Å². The third kappa shape index (κ3) is 1.65. The normalized spacial score (nSPS) is 10.8. The summed E-state index contributed by atoms with van der Waals surface area (Å²) in [5.41, 5.74) is 2.24. The molecular formula is C11H15N3S. The quantitative estimate of drug-likeness (QED) is 0.806. The first-order chi connectivity index (χ1) is 7.27. The van der Waals surface area contributed by atoms with Gasteiger partial charge in [0.05, 0.1) is 11.0 Å². The summed E-state index contributed by atoms with van der Waals surface area (Å²) < 4.78 is 2.84. The molecule has 2 rings (SSSR count). The van der Waals surface area contributed by atoms with E-state index in [1.807, 2.05) is 18.2 Å². The maximum absolute atomic E-state index is 5.33. The molecule has 0 atom stereocenters. The number of nitrogens with one attached hydrogen (secondary N) is 1. The zero-order valence-electron chi connectivity index (χ0n) is 9.03. The maximum Gasteiger partial charge on any atom is 0.197 e. The number of aromatic nitrogens is 2. The number of benzene rings is 1. The van der Waals surface area contributed by atoms with Crippen LogP contribution in [0.4, 0.5) is 0 Å². The molecule has 0 aliphatic rings. The van der Waals surface area contributed by atoms with Gasteiger partial charge in [-0.25, -0.2) is 4.68 Å². The third-order valence-electron chi connectivity index (χ3n) is 2.58. The summed E-state index contributed by atoms with van der Waals surface area (Å²) in [5, 5.41) is 2.21. The highest BCUT2D eigenvalue weighted by molar-refractivity contribution is 7.71. The predicted molar refractivity (Wildman–Crippen MR) is 66.4 cm³/mol. The average Bonchev–Trinajstić information content (AvgIpc) is 2.58. The van der Waals surface area contributed by atoms with Crippen molar-refractivity contribution >= 4 is 23.3 Å². The van der Waals surface area contributed by atoms with Crippen molar-refractivity contribution in [1.29, 1.82) is 0 Å². The fraction of sp³-hybridized carbons (Fsp3) is 0.364. The van der Waals surface area contributed by atoms with Crippen LogP contribution in [0.3, 0.4) is 0 Å². The number of para-hydroxylation sites is 2. The Morgan fingerprint density at radius 2 is 1.93 bits per heavy atom. The predicted octanol–water partition coefficient (Wildman–Crippen LogP) is 2.68. The van der Waals surface area contributed by atoms with Crippen LogP contribution in [0.1, 0.15) is 13.8 Å². The van der Waals surface area contributed by atoms with Gasteiger partial charge in [0.15, 0.2) is 4.77 Å². The van der Waals surface area contributed by atoms with Crippen molar-refractivity contribution in [2.45, 2.75) is 13.8 Å². The minimum atomic E-state index is 0.764. The highest BCUT2D eigenvalue weighted by atomic mass is 32.1. The van der Waals surface area contributed by atoms with E-state index in [0.29, 0.717) is 0 Å². The summed E-state index contributed by atoms with van der Waals surface area (Å²) in [6.45, 7) is 6.17. The van der Waals surface area contributed by atoms with Gasteiger partial charge in [0.2, 0.25) is 0 Å². The summed E-state index contributed by atoms with van der Waals surface area (Å²) in [4.78, 5) is 3.21. The topological polar surface area (TPSA) is 24.0 Å². The standard InChI is InChI=1S/C11H15N3S/c1-3-13(4-2)14-10-8-6-5-7-9(10)12-11(14)15/h5-8H,3-4H2,1-2H3,(H,12,15). The number of H-pyrrole nitrogens is 1. The van der Waals surface area contributed by atoms with E-state index >= 15 is 0 Å². The molecule has 0 spiro atoms. The fourth-order valence-corrected chi connectivity index (χ4v) is 2.15. The van der Waals surface area contributed by atoms with Crippen LogP contribution in [-0.2, 0) is 0 Å². The largest absolute Gasteiger partial charge is 0.329 e. The second-order valence-electron chi connectivity index (χ2n) is 3.40. The molecule has 0 fully saturated rings. The highest BCUT2D eigenvalue weighted by Gasteiger charge is 2.07. The monoisotopic (exact) mass is 221 g/mol. The zero-order valence-corrected chi connectivity index (χ0v) is 9.84. The minimum absolute atomic E-state index is 0.764. The van der Waals surface area contributed by atoms with Crippen molar-refractivity contribution < 1.29 is 0 Å². The van der Waals surface area contributed by atoms with Crippen molar-refractivity contribution in [2.24, 2.45) is 0 Å². The molecule has 0 aliphatic heterocycles. The molecular weight excluding hydrogens is 206 g/mol. The summed E-state index contributed by atoms with van der Waals surface area (Å²) in [7, 11) is 0. The number of aromatic amines is 1. The average molecular weight is 221 g/mol. The molecule has 4 heteroatoms. The summed E-state index contributed by atoms with van der Waals surface area (Å²) in [5.74, 6) is 0. The number of hydrogen-bond acceptors (Lipinski definition) is 2. The third-order valence-corrected chi connectivity index (χ3v) is 2.85. The van der Waals surface area contributed by atoms with Crippen LogP contribution in [0.2, 0.25) is 0 Å². The van der Waals surface area contributed by atoms with E-state index in [0.717, 1.165) is 28.9 Å². The van der Waals surface area contributed by atoms with E-state index in [1.54, 1.807) is 0 Å². The van der Waals surface area contributed by atoms with E-state index in [2.05, 4.69) is 34.6 Å². The van der Waals surface area contributed by atoms with Crippen LogP contribution in [0.15, 0.2) is 24.3 Å². The molecule has 1 heterocycles. The number of nitrogens with zero attached hydrogens (tertiary/aromatic N) is 2. The van der Waals surface area contributed by atoms with Gasteiger partial charge in [0.25, 0.3) is 0 Å². The molecule has 1 aromatic heterocycles. The molecule has 1 N–H and O–H groups in total. The smallest absolute Gasteiger partial charge is 0.197 e. The summed E-state index contributed by atoms with van der Waals surface area (Å²) >= 11 is 5.33. The zero-order chi connectivity index (χ0) is 10.8. The first-order valence-corrected chi connectivity index (χ1v) is 5.63. The van der Waals surface area contributed by atoms with Crippen molar-refractivity contribution in [3.05, 3.63) is 29.0 Å². The molecule has 0 bridgehead atoms. The molecule has 0 saturated heterocycles. The molecule has 1 aromatic carbocycles. The van der Waals surface area contributed by atoms with Gasteiger partial charge in [-0.05, 0) is 38.2 Å². The molecule has 0 unspecified atom stereocenters. The van der Waals surface area contributed by atoms with Crippen LogP contribution in [0, 0.1) is 4.77 Å². The van der Waals surface area contributed by atoms with Gasteiger partial charge >= 0.3 is 0 Å². The van der Waals surface area contributed by atoms with Crippen molar-refractivity contribution in [2.75, 3.05) is 18.1 Å². The maximum atomic E-state index is 5.33. The number of imidazole rings is 1. The van der Waals surface area contributed by atoms with Gasteiger partial charge in [0.1, 0.15) is 0 Å². The Kier molecular flexibility index (Phi) is 2.77.